The molecule has 0 aliphatic heterocycles. The highest BCUT2D eigenvalue weighted by atomic mass is 32.2. The van der Waals surface area contributed by atoms with Crippen molar-refractivity contribution in [2.24, 2.45) is 0 Å². The maximum absolute atomic E-state index is 11.9. The van der Waals surface area contributed by atoms with E-state index in [0.29, 0.717) is 16.7 Å². The summed E-state index contributed by atoms with van der Waals surface area (Å²) < 4.78 is 58.9. The van der Waals surface area contributed by atoms with Gasteiger partial charge in [-0.3, -0.25) is 4.79 Å². The van der Waals surface area contributed by atoms with E-state index in [1.54, 1.807) is 0 Å². The fraction of sp³-hybridized carbons (Fsp3) is 0.938. The van der Waals surface area contributed by atoms with Crippen molar-refractivity contribution in [3.05, 3.63) is 0 Å². The Balaban J connectivity index is 0. The third kappa shape index (κ3) is 16.9. The fourth-order valence-corrected chi connectivity index (χ4v) is 4.30. The van der Waals surface area contributed by atoms with E-state index in [1.165, 1.54) is 50.0 Å². The summed E-state index contributed by atoms with van der Waals surface area (Å²) in [4.78, 5) is 11.9. The molecule has 0 rings (SSSR count). The van der Waals surface area contributed by atoms with Crippen molar-refractivity contribution < 1.29 is 30.9 Å². The minimum atomic E-state index is -6.09. The second-order valence-corrected chi connectivity index (χ2v) is 9.47. The molecule has 25 heavy (non-hydrogen) atoms. The van der Waals surface area contributed by atoms with Crippen LogP contribution in [0.25, 0.3) is 0 Å². The predicted molar refractivity (Wildman–Crippen MR) is 96.7 cm³/mol. The van der Waals surface area contributed by atoms with E-state index >= 15 is 0 Å². The van der Waals surface area contributed by atoms with Gasteiger partial charge < -0.3 is 4.55 Å². The van der Waals surface area contributed by atoms with Crippen molar-refractivity contribution in [1.82, 2.24) is 0 Å². The Morgan fingerprint density at radius 3 is 1.64 bits per heavy atom. The van der Waals surface area contributed by atoms with E-state index in [2.05, 4.69) is 20.8 Å². The second-order valence-electron chi connectivity index (χ2n) is 5.77. The average Bonchev–Trinajstić information content (AvgIpc) is 2.49. The summed E-state index contributed by atoms with van der Waals surface area (Å²) in [7, 11) is -5.70. The van der Waals surface area contributed by atoms with Crippen molar-refractivity contribution in [2.75, 3.05) is 17.3 Å². The first-order chi connectivity index (χ1) is 11.5. The van der Waals surface area contributed by atoms with Crippen LogP contribution in [0.5, 0.6) is 0 Å². The molecule has 0 saturated carbocycles. The topological polar surface area (TPSA) is 74.3 Å². The van der Waals surface area contributed by atoms with Gasteiger partial charge in [0.1, 0.15) is 11.5 Å². The van der Waals surface area contributed by atoms with Crippen LogP contribution in [0.4, 0.5) is 13.2 Å². The van der Waals surface area contributed by atoms with Gasteiger partial charge in [0, 0.05) is 6.42 Å². The molecule has 4 nitrogen and oxygen atoms in total. The first kappa shape index (κ1) is 26.9. The second kappa shape index (κ2) is 14.8. The molecule has 0 aromatic carbocycles. The monoisotopic (exact) mass is 408 g/mol. The normalized spacial score (nSPS) is 12.0. The van der Waals surface area contributed by atoms with Gasteiger partial charge in [-0.05, 0) is 30.2 Å². The zero-order chi connectivity index (χ0) is 19.9. The lowest BCUT2D eigenvalue weighted by Gasteiger charge is -2.08. The molecule has 0 amide bonds. The first-order valence-corrected chi connectivity index (χ1v) is 11.8. The number of unbranched alkanes of at least 4 members (excludes halogenated alkanes) is 4. The molecule has 0 bridgehead atoms. The molecule has 0 aliphatic rings. The number of alkyl halides is 3. The Bertz CT molecular complexity index is 429. The summed E-state index contributed by atoms with van der Waals surface area (Å²) in [5.74, 6) is 3.98. The Morgan fingerprint density at radius 2 is 1.32 bits per heavy atom. The molecular formula is C16H31F3O4S2. The first-order valence-electron chi connectivity index (χ1n) is 8.67. The zero-order valence-corrected chi connectivity index (χ0v) is 17.0. The highest BCUT2D eigenvalue weighted by molar-refractivity contribution is 7.97. The van der Waals surface area contributed by atoms with Crippen LogP contribution in [-0.4, -0.2) is 41.5 Å². The summed E-state index contributed by atoms with van der Waals surface area (Å²) in [6.07, 6.45) is 9.49. The smallest absolute Gasteiger partial charge is 0.485 e. The van der Waals surface area contributed by atoms with Crippen LogP contribution in [0, 0.1) is 0 Å². The van der Waals surface area contributed by atoms with Crippen molar-refractivity contribution in [2.45, 2.75) is 77.6 Å². The molecule has 0 aliphatic carbocycles. The van der Waals surface area contributed by atoms with Gasteiger partial charge in [-0.15, -0.1) is 0 Å². The molecule has 0 fully saturated rings. The van der Waals surface area contributed by atoms with Crippen LogP contribution in [0.15, 0.2) is 0 Å². The van der Waals surface area contributed by atoms with Crippen LogP contribution in [0.3, 0.4) is 0 Å². The van der Waals surface area contributed by atoms with E-state index in [9.17, 15) is 18.0 Å². The van der Waals surface area contributed by atoms with Crippen molar-refractivity contribution >= 4 is 26.8 Å². The van der Waals surface area contributed by atoms with Gasteiger partial charge in [-0.2, -0.15) is 13.2 Å². The lowest BCUT2D eigenvalue weighted by Crippen LogP contribution is -2.22. The van der Waals surface area contributed by atoms with Crippen molar-refractivity contribution in [1.29, 1.82) is 0 Å². The van der Waals surface area contributed by atoms with Gasteiger partial charge in [0.2, 0.25) is 0 Å². The lowest BCUT2D eigenvalue weighted by atomic mass is 10.2. The number of hydrogen-bond donors (Lipinski definition) is 0. The predicted octanol–water partition coefficient (Wildman–Crippen LogP) is 4.41. The number of rotatable bonds is 12. The quantitative estimate of drug-likeness (QED) is 0.208. The zero-order valence-electron chi connectivity index (χ0n) is 15.4. The highest BCUT2D eigenvalue weighted by Crippen LogP contribution is 2.20. The Morgan fingerprint density at radius 1 is 0.920 bits per heavy atom. The number of hydrogen-bond acceptors (Lipinski definition) is 4. The van der Waals surface area contributed by atoms with Gasteiger partial charge >= 0.3 is 5.51 Å². The average molecular weight is 409 g/mol. The minimum absolute atomic E-state index is 0.391. The molecule has 0 aromatic rings. The Hall–Kier alpha value is -0.280. The maximum Gasteiger partial charge on any atom is 0.485 e. The molecular weight excluding hydrogens is 377 g/mol. The molecule has 0 radical (unpaired) electrons. The molecule has 0 spiro atoms. The van der Waals surface area contributed by atoms with Gasteiger partial charge in [0.25, 0.3) is 0 Å². The van der Waals surface area contributed by atoms with Gasteiger partial charge in [0.15, 0.2) is 21.7 Å². The van der Waals surface area contributed by atoms with Crippen LogP contribution >= 0.6 is 0 Å². The molecule has 0 N–H and O–H groups in total. The minimum Gasteiger partial charge on any atom is -0.741 e. The van der Waals surface area contributed by atoms with Crippen LogP contribution < -0.4 is 0 Å². The van der Waals surface area contributed by atoms with E-state index in [1.807, 2.05) is 0 Å². The summed E-state index contributed by atoms with van der Waals surface area (Å²) in [5, 5.41) is 0. The highest BCUT2D eigenvalue weighted by Gasteiger charge is 2.36. The SMILES string of the molecule is CCCCCC(=O)C[S+](CCCC)CCCC.O=S(=O)([O-])C(F)(F)F. The largest absolute Gasteiger partial charge is 0.741 e. The summed E-state index contributed by atoms with van der Waals surface area (Å²) in [6.45, 7) is 6.67. The summed E-state index contributed by atoms with van der Waals surface area (Å²) >= 11 is 0. The van der Waals surface area contributed by atoms with Crippen LogP contribution in [0.1, 0.15) is 72.1 Å². The molecule has 9 heteroatoms. The third-order valence-corrected chi connectivity index (χ3v) is 6.31. The fourth-order valence-electron chi connectivity index (χ4n) is 1.82. The van der Waals surface area contributed by atoms with Gasteiger partial charge in [-0.1, -0.05) is 46.5 Å². The number of carbonyl (C=O) groups excluding carboxylic acids is 1. The lowest BCUT2D eigenvalue weighted by molar-refractivity contribution is -0.116. The molecule has 0 saturated heterocycles. The van der Waals surface area contributed by atoms with Gasteiger partial charge in [0.05, 0.1) is 0 Å². The van der Waals surface area contributed by atoms with Crippen molar-refractivity contribution in [3.8, 4) is 0 Å². The molecule has 0 aromatic heterocycles. The number of carbonyl (C=O) groups is 1. The van der Waals surface area contributed by atoms with Gasteiger partial charge in [-0.25, -0.2) is 8.42 Å². The van der Waals surface area contributed by atoms with E-state index in [-0.39, 0.29) is 0 Å². The van der Waals surface area contributed by atoms with E-state index < -0.39 is 15.6 Å². The third-order valence-electron chi connectivity index (χ3n) is 3.28. The number of ketones is 1. The van der Waals surface area contributed by atoms with E-state index in [4.69, 9.17) is 13.0 Å². The Labute approximate surface area is 153 Å². The summed E-state index contributed by atoms with van der Waals surface area (Å²) in [6, 6.07) is 0. The van der Waals surface area contributed by atoms with Crippen molar-refractivity contribution in [3.63, 3.8) is 0 Å². The molecule has 0 atom stereocenters. The van der Waals surface area contributed by atoms with Crippen LogP contribution in [0.2, 0.25) is 0 Å². The van der Waals surface area contributed by atoms with E-state index in [0.717, 1.165) is 18.6 Å². The molecule has 0 heterocycles. The molecule has 0 unspecified atom stereocenters. The van der Waals surface area contributed by atoms with Crippen LogP contribution in [-0.2, 0) is 25.8 Å². The standard InChI is InChI=1S/C15H31OS.CHF3O3S/c1-4-7-10-11-15(16)14-17(12-8-5-2)13-9-6-3;2-1(3,4)8(5,6)7/h4-14H2,1-3H3;(H,5,6,7)/q+1;/p-1. The summed E-state index contributed by atoms with van der Waals surface area (Å²) in [5.41, 5.74) is -5.65. The number of Topliss-reactive ketones (excluding diaryl/α,β-unsaturated/α-hetero) is 1. The maximum atomic E-state index is 11.9. The number of halogens is 3. The molecule has 152 valence electrons. The Kier molecular flexibility index (Phi) is 16.0.